The van der Waals surface area contributed by atoms with Crippen LogP contribution in [0.5, 0.6) is 0 Å². The molecule has 0 unspecified atom stereocenters. The van der Waals surface area contributed by atoms with Crippen LogP contribution in [0.3, 0.4) is 0 Å². The third-order valence-corrected chi connectivity index (χ3v) is 3.05. The van der Waals surface area contributed by atoms with Gasteiger partial charge in [-0.05, 0) is 24.8 Å². The van der Waals surface area contributed by atoms with Crippen LogP contribution in [0, 0.1) is 0 Å². The first-order chi connectivity index (χ1) is 8.10. The molecule has 0 bridgehead atoms. The van der Waals surface area contributed by atoms with E-state index in [1.807, 2.05) is 13.0 Å². The fourth-order valence-electron chi connectivity index (χ4n) is 1.28. The van der Waals surface area contributed by atoms with Crippen LogP contribution in [0.25, 0.3) is 0 Å². The lowest BCUT2D eigenvalue weighted by Gasteiger charge is -2.05. The van der Waals surface area contributed by atoms with E-state index in [1.54, 1.807) is 18.4 Å². The summed E-state index contributed by atoms with van der Waals surface area (Å²) in [5.74, 6) is -0.636. The summed E-state index contributed by atoms with van der Waals surface area (Å²) in [6.07, 6.45) is 2.63. The number of rotatable bonds is 4. The summed E-state index contributed by atoms with van der Waals surface area (Å²) in [5, 5.41) is 4.43. The van der Waals surface area contributed by atoms with Crippen molar-refractivity contribution in [2.45, 2.75) is 20.3 Å². The Kier molecular flexibility index (Phi) is 4.90. The number of carbonyl (C=O) groups is 2. The summed E-state index contributed by atoms with van der Waals surface area (Å²) in [5.41, 5.74) is 1.13. The zero-order valence-electron chi connectivity index (χ0n) is 10.1. The monoisotopic (exact) mass is 253 g/mol. The Labute approximate surface area is 104 Å². The molecule has 5 heteroatoms. The quantitative estimate of drug-likeness (QED) is 0.663. The van der Waals surface area contributed by atoms with Gasteiger partial charge in [-0.1, -0.05) is 13.0 Å². The van der Waals surface area contributed by atoms with Gasteiger partial charge in [0.1, 0.15) is 4.88 Å². The van der Waals surface area contributed by atoms with Crippen LogP contribution in [0.2, 0.25) is 0 Å². The highest BCUT2D eigenvalue weighted by molar-refractivity contribution is 7.12. The standard InChI is InChI=1S/C12H15NO3S/c1-4-5-8(2)11(14)13-9-6-7-17-10(9)12(15)16-3/h5-7H,4H2,1-3H3,(H,13,14)/b8-5+. The fourth-order valence-corrected chi connectivity index (χ4v) is 2.04. The van der Waals surface area contributed by atoms with Gasteiger partial charge < -0.3 is 10.1 Å². The van der Waals surface area contributed by atoms with E-state index in [1.165, 1.54) is 18.4 Å². The Bertz CT molecular complexity index is 448. The molecule has 0 spiro atoms. The second-order valence-electron chi connectivity index (χ2n) is 3.40. The van der Waals surface area contributed by atoms with Gasteiger partial charge in [-0.3, -0.25) is 4.79 Å². The van der Waals surface area contributed by atoms with Gasteiger partial charge in [-0.25, -0.2) is 4.79 Å². The number of esters is 1. The van der Waals surface area contributed by atoms with Gasteiger partial charge in [0.05, 0.1) is 12.8 Å². The molecule has 0 saturated carbocycles. The van der Waals surface area contributed by atoms with Crippen molar-refractivity contribution < 1.29 is 14.3 Å². The summed E-state index contributed by atoms with van der Waals surface area (Å²) >= 11 is 1.24. The molecule has 17 heavy (non-hydrogen) atoms. The number of amides is 1. The third-order valence-electron chi connectivity index (χ3n) is 2.15. The molecule has 1 amide bonds. The molecule has 4 nitrogen and oxygen atoms in total. The summed E-state index contributed by atoms with van der Waals surface area (Å²) in [6.45, 7) is 3.70. The number of hydrogen-bond donors (Lipinski definition) is 1. The molecule has 1 N–H and O–H groups in total. The molecule has 0 atom stereocenters. The Morgan fingerprint density at radius 1 is 1.53 bits per heavy atom. The maximum atomic E-state index is 11.7. The molecule has 0 aliphatic carbocycles. The van der Waals surface area contributed by atoms with Crippen molar-refractivity contribution in [3.63, 3.8) is 0 Å². The van der Waals surface area contributed by atoms with Crippen LogP contribution in [0.4, 0.5) is 5.69 Å². The molecular formula is C12H15NO3S. The van der Waals surface area contributed by atoms with Crippen LogP contribution in [0.15, 0.2) is 23.1 Å². The first-order valence-corrected chi connectivity index (χ1v) is 6.12. The van der Waals surface area contributed by atoms with Crippen LogP contribution >= 0.6 is 11.3 Å². The average Bonchev–Trinajstić information content (AvgIpc) is 2.76. The molecule has 0 radical (unpaired) electrons. The zero-order valence-corrected chi connectivity index (χ0v) is 10.9. The number of hydrogen-bond acceptors (Lipinski definition) is 4. The molecule has 92 valence electrons. The maximum absolute atomic E-state index is 11.7. The van der Waals surface area contributed by atoms with Crippen molar-refractivity contribution in [2.75, 3.05) is 12.4 Å². The minimum Gasteiger partial charge on any atom is -0.465 e. The van der Waals surface area contributed by atoms with E-state index in [0.717, 1.165) is 6.42 Å². The number of carbonyl (C=O) groups excluding carboxylic acids is 2. The van der Waals surface area contributed by atoms with Gasteiger partial charge in [0.2, 0.25) is 0 Å². The Morgan fingerprint density at radius 3 is 2.82 bits per heavy atom. The van der Waals surface area contributed by atoms with E-state index in [-0.39, 0.29) is 5.91 Å². The van der Waals surface area contributed by atoms with Crippen molar-refractivity contribution in [2.24, 2.45) is 0 Å². The van der Waals surface area contributed by atoms with Gasteiger partial charge in [-0.15, -0.1) is 11.3 Å². The molecule has 1 aromatic rings. The lowest BCUT2D eigenvalue weighted by atomic mass is 10.2. The van der Waals surface area contributed by atoms with Crippen molar-refractivity contribution in [1.82, 2.24) is 0 Å². The van der Waals surface area contributed by atoms with Crippen molar-refractivity contribution >= 4 is 28.9 Å². The van der Waals surface area contributed by atoms with E-state index in [0.29, 0.717) is 16.1 Å². The number of methoxy groups -OCH3 is 1. The predicted octanol–water partition coefficient (Wildman–Crippen LogP) is 2.83. The van der Waals surface area contributed by atoms with E-state index < -0.39 is 5.97 Å². The first kappa shape index (κ1) is 13.4. The van der Waals surface area contributed by atoms with Gasteiger partial charge in [0.25, 0.3) is 5.91 Å². The Hall–Kier alpha value is -1.62. The normalized spacial score (nSPS) is 11.1. The topological polar surface area (TPSA) is 55.4 Å². The van der Waals surface area contributed by atoms with Crippen molar-refractivity contribution in [1.29, 1.82) is 0 Å². The van der Waals surface area contributed by atoms with Gasteiger partial charge >= 0.3 is 5.97 Å². The van der Waals surface area contributed by atoms with Crippen molar-refractivity contribution in [3.8, 4) is 0 Å². The third kappa shape index (κ3) is 3.42. The number of thiophene rings is 1. The van der Waals surface area contributed by atoms with Crippen LogP contribution in [-0.4, -0.2) is 19.0 Å². The zero-order chi connectivity index (χ0) is 12.8. The molecule has 1 heterocycles. The van der Waals surface area contributed by atoms with E-state index in [2.05, 4.69) is 10.1 Å². The minimum absolute atomic E-state index is 0.199. The number of nitrogens with one attached hydrogen (secondary N) is 1. The second kappa shape index (κ2) is 6.20. The second-order valence-corrected chi connectivity index (χ2v) is 4.32. The Balaban J connectivity index is 2.82. The van der Waals surface area contributed by atoms with Crippen molar-refractivity contribution in [3.05, 3.63) is 28.0 Å². The van der Waals surface area contributed by atoms with Crippen LogP contribution in [-0.2, 0) is 9.53 Å². The van der Waals surface area contributed by atoms with E-state index in [9.17, 15) is 9.59 Å². The minimum atomic E-state index is -0.438. The molecule has 0 aliphatic rings. The fraction of sp³-hybridized carbons (Fsp3) is 0.333. The van der Waals surface area contributed by atoms with Crippen LogP contribution < -0.4 is 5.32 Å². The maximum Gasteiger partial charge on any atom is 0.350 e. The molecule has 1 aromatic heterocycles. The lowest BCUT2D eigenvalue weighted by Crippen LogP contribution is -2.14. The highest BCUT2D eigenvalue weighted by Crippen LogP contribution is 2.23. The van der Waals surface area contributed by atoms with Crippen LogP contribution in [0.1, 0.15) is 29.9 Å². The summed E-state index contributed by atoms with van der Waals surface area (Å²) in [7, 11) is 1.32. The highest BCUT2D eigenvalue weighted by atomic mass is 32.1. The first-order valence-electron chi connectivity index (χ1n) is 5.24. The number of allylic oxidation sites excluding steroid dienone is 1. The predicted molar refractivity (Wildman–Crippen MR) is 68.3 cm³/mol. The molecule has 1 rings (SSSR count). The molecule has 0 saturated heterocycles. The largest absolute Gasteiger partial charge is 0.465 e. The number of anilines is 1. The molecular weight excluding hydrogens is 238 g/mol. The van der Waals surface area contributed by atoms with E-state index >= 15 is 0 Å². The Morgan fingerprint density at radius 2 is 2.24 bits per heavy atom. The van der Waals surface area contributed by atoms with E-state index in [4.69, 9.17) is 0 Å². The number of ether oxygens (including phenoxy) is 1. The highest BCUT2D eigenvalue weighted by Gasteiger charge is 2.15. The molecule has 0 aromatic carbocycles. The summed E-state index contributed by atoms with van der Waals surface area (Å²) in [6, 6.07) is 1.69. The smallest absolute Gasteiger partial charge is 0.350 e. The van der Waals surface area contributed by atoms with Gasteiger partial charge in [0.15, 0.2) is 0 Å². The molecule has 0 aliphatic heterocycles. The van der Waals surface area contributed by atoms with Gasteiger partial charge in [0, 0.05) is 5.57 Å². The average molecular weight is 253 g/mol. The summed E-state index contributed by atoms with van der Waals surface area (Å²) in [4.78, 5) is 23.5. The summed E-state index contributed by atoms with van der Waals surface area (Å²) < 4.78 is 4.63. The molecule has 0 fully saturated rings. The SMILES string of the molecule is CC/C=C(\C)C(=O)Nc1ccsc1C(=O)OC. The van der Waals surface area contributed by atoms with Gasteiger partial charge in [-0.2, -0.15) is 0 Å². The lowest BCUT2D eigenvalue weighted by molar-refractivity contribution is -0.112.